The van der Waals surface area contributed by atoms with Crippen molar-refractivity contribution in [1.82, 2.24) is 15.0 Å². The highest BCUT2D eigenvalue weighted by Gasteiger charge is 2.11. The zero-order valence-electron chi connectivity index (χ0n) is 12.6. The normalized spacial score (nSPS) is 12.2. The monoisotopic (exact) mass is 339 g/mol. The number of halogens is 2. The second kappa shape index (κ2) is 7.61. The van der Waals surface area contributed by atoms with E-state index in [0.717, 1.165) is 29.8 Å². The van der Waals surface area contributed by atoms with Gasteiger partial charge >= 0.3 is 0 Å². The van der Waals surface area contributed by atoms with Crippen molar-refractivity contribution >= 4 is 35.1 Å². The number of rotatable bonds is 6. The zero-order valence-corrected chi connectivity index (χ0v) is 14.1. The Hall–Kier alpha value is -1.59. The van der Waals surface area contributed by atoms with E-state index < -0.39 is 0 Å². The van der Waals surface area contributed by atoms with E-state index >= 15 is 0 Å². The molecule has 0 aliphatic rings. The van der Waals surface area contributed by atoms with Gasteiger partial charge in [0.05, 0.1) is 0 Å². The number of nitrogens with one attached hydrogen (secondary N) is 1. The van der Waals surface area contributed by atoms with Gasteiger partial charge in [0.25, 0.3) is 0 Å². The van der Waals surface area contributed by atoms with Gasteiger partial charge in [-0.2, -0.15) is 15.0 Å². The zero-order chi connectivity index (χ0) is 16.1. The minimum absolute atomic E-state index is 0.219. The Kier molecular flexibility index (Phi) is 5.80. The van der Waals surface area contributed by atoms with Gasteiger partial charge in [0.2, 0.25) is 11.9 Å². The van der Waals surface area contributed by atoms with E-state index in [9.17, 15) is 0 Å². The number of anilines is 2. The van der Waals surface area contributed by atoms with Crippen molar-refractivity contribution in [3.63, 3.8) is 0 Å². The summed E-state index contributed by atoms with van der Waals surface area (Å²) < 4.78 is 0. The number of nitrogen functional groups attached to an aromatic ring is 1. The molecule has 2 aromatic rings. The predicted octanol–water partition coefficient (Wildman–Crippen LogP) is 3.89. The highest BCUT2D eigenvalue weighted by atomic mass is 35.5. The van der Waals surface area contributed by atoms with Crippen LogP contribution in [0.25, 0.3) is 0 Å². The first-order chi connectivity index (χ1) is 10.5. The number of hydrogen-bond acceptors (Lipinski definition) is 5. The van der Waals surface area contributed by atoms with Crippen LogP contribution in [-0.2, 0) is 6.42 Å². The highest BCUT2D eigenvalue weighted by Crippen LogP contribution is 2.23. The van der Waals surface area contributed by atoms with Gasteiger partial charge in [-0.15, -0.1) is 0 Å². The third-order valence-corrected chi connectivity index (χ3v) is 3.96. The number of nitrogens with zero attached hydrogens (tertiary/aromatic N) is 3. The van der Waals surface area contributed by atoms with E-state index in [2.05, 4.69) is 27.2 Å². The van der Waals surface area contributed by atoms with Gasteiger partial charge in [0, 0.05) is 16.1 Å². The quantitative estimate of drug-likeness (QED) is 0.834. The average Bonchev–Trinajstić information content (AvgIpc) is 2.45. The smallest absolute Gasteiger partial charge is 0.227 e. The molecular formula is C15H19Cl2N5. The number of aryl methyl sites for hydroxylation is 2. The van der Waals surface area contributed by atoms with Crippen LogP contribution in [-0.4, -0.2) is 21.0 Å². The van der Waals surface area contributed by atoms with E-state index in [1.54, 1.807) is 13.0 Å². The van der Waals surface area contributed by atoms with Gasteiger partial charge in [-0.1, -0.05) is 30.1 Å². The molecular weight excluding hydrogens is 321 g/mol. The fraction of sp³-hybridized carbons (Fsp3) is 0.400. The Labute approximate surface area is 140 Å². The summed E-state index contributed by atoms with van der Waals surface area (Å²) in [6, 6.07) is 5.74. The van der Waals surface area contributed by atoms with Gasteiger partial charge in [0.1, 0.15) is 5.82 Å². The molecule has 1 unspecified atom stereocenters. The number of nitrogens with two attached hydrogens (primary N) is 1. The Bertz CT molecular complexity index is 628. The van der Waals surface area contributed by atoms with Crippen molar-refractivity contribution in [3.8, 4) is 0 Å². The molecule has 0 bridgehead atoms. The van der Waals surface area contributed by atoms with Crippen LogP contribution < -0.4 is 11.1 Å². The molecule has 0 saturated carbocycles. The van der Waals surface area contributed by atoms with Gasteiger partial charge in [0.15, 0.2) is 0 Å². The van der Waals surface area contributed by atoms with E-state index in [4.69, 9.17) is 28.9 Å². The lowest BCUT2D eigenvalue weighted by Gasteiger charge is -2.17. The van der Waals surface area contributed by atoms with Crippen molar-refractivity contribution in [1.29, 1.82) is 0 Å². The molecule has 5 nitrogen and oxygen atoms in total. The molecule has 0 fully saturated rings. The maximum Gasteiger partial charge on any atom is 0.227 e. The maximum atomic E-state index is 6.20. The van der Waals surface area contributed by atoms with Crippen LogP contribution in [0.15, 0.2) is 18.2 Å². The molecule has 3 N–H and O–H groups in total. The third-order valence-electron chi connectivity index (χ3n) is 3.36. The van der Waals surface area contributed by atoms with Crippen LogP contribution in [0.3, 0.4) is 0 Å². The van der Waals surface area contributed by atoms with Gasteiger partial charge < -0.3 is 11.1 Å². The molecule has 118 valence electrons. The second-order valence-corrected chi connectivity index (χ2v) is 5.93. The molecule has 22 heavy (non-hydrogen) atoms. The van der Waals surface area contributed by atoms with Crippen LogP contribution in [0.2, 0.25) is 10.0 Å². The van der Waals surface area contributed by atoms with Gasteiger partial charge in [-0.05, 0) is 49.9 Å². The van der Waals surface area contributed by atoms with E-state index in [1.165, 1.54) is 0 Å². The Morgan fingerprint density at radius 1 is 1.23 bits per heavy atom. The first kappa shape index (κ1) is 16.8. The van der Waals surface area contributed by atoms with E-state index in [-0.39, 0.29) is 12.0 Å². The first-order valence-electron chi connectivity index (χ1n) is 7.16. The van der Waals surface area contributed by atoms with Crippen LogP contribution in [0, 0.1) is 6.92 Å². The summed E-state index contributed by atoms with van der Waals surface area (Å²) in [5.41, 5.74) is 6.69. The summed E-state index contributed by atoms with van der Waals surface area (Å²) in [6.45, 7) is 3.89. The molecule has 0 amide bonds. The summed E-state index contributed by atoms with van der Waals surface area (Å²) in [6.07, 6.45) is 2.65. The van der Waals surface area contributed by atoms with Crippen molar-refractivity contribution in [2.75, 3.05) is 11.1 Å². The van der Waals surface area contributed by atoms with Gasteiger partial charge in [-0.3, -0.25) is 0 Å². The fourth-order valence-corrected chi connectivity index (χ4v) is 2.60. The lowest BCUT2D eigenvalue weighted by molar-refractivity contribution is 0.627. The number of aromatic nitrogens is 3. The molecule has 2 rings (SSSR count). The minimum Gasteiger partial charge on any atom is -0.368 e. The molecule has 1 aromatic heterocycles. The van der Waals surface area contributed by atoms with E-state index in [1.807, 2.05) is 12.1 Å². The Morgan fingerprint density at radius 2 is 2.00 bits per heavy atom. The summed E-state index contributed by atoms with van der Waals surface area (Å²) in [4.78, 5) is 12.3. The lowest BCUT2D eigenvalue weighted by Crippen LogP contribution is -2.21. The van der Waals surface area contributed by atoms with Crippen LogP contribution in [0.4, 0.5) is 11.9 Å². The average molecular weight is 340 g/mol. The maximum absolute atomic E-state index is 6.20. The Morgan fingerprint density at radius 3 is 2.68 bits per heavy atom. The first-order valence-corrected chi connectivity index (χ1v) is 7.92. The molecule has 1 atom stereocenters. The lowest BCUT2D eigenvalue weighted by atomic mass is 10.0. The molecule has 1 aromatic carbocycles. The number of hydrogen-bond donors (Lipinski definition) is 2. The van der Waals surface area contributed by atoms with E-state index in [0.29, 0.717) is 16.8 Å². The van der Waals surface area contributed by atoms with Crippen molar-refractivity contribution in [2.45, 2.75) is 39.2 Å². The van der Waals surface area contributed by atoms with Crippen molar-refractivity contribution in [2.24, 2.45) is 0 Å². The summed E-state index contributed by atoms with van der Waals surface area (Å²) in [5, 5.41) is 4.73. The third kappa shape index (κ3) is 4.71. The SMILES string of the molecule is CCC(CCc1cc(Cl)ccc1Cl)Nc1nc(C)nc(N)n1. The minimum atomic E-state index is 0.219. The standard InChI is InChI=1S/C15H19Cl2N5/c1-3-12(21-15-20-9(2)19-14(18)22-15)6-4-10-8-11(16)5-7-13(10)17/h5,7-8,12H,3-4,6H2,1-2H3,(H3,18,19,20,21,22). The van der Waals surface area contributed by atoms with Crippen LogP contribution in [0.5, 0.6) is 0 Å². The molecule has 0 aliphatic heterocycles. The summed E-state index contributed by atoms with van der Waals surface area (Å²) >= 11 is 12.2. The second-order valence-electron chi connectivity index (χ2n) is 5.09. The fourth-order valence-electron chi connectivity index (χ4n) is 2.19. The largest absolute Gasteiger partial charge is 0.368 e. The van der Waals surface area contributed by atoms with Crippen LogP contribution in [0.1, 0.15) is 31.2 Å². The number of benzene rings is 1. The van der Waals surface area contributed by atoms with Crippen molar-refractivity contribution in [3.05, 3.63) is 39.6 Å². The molecule has 0 radical (unpaired) electrons. The molecule has 0 saturated heterocycles. The van der Waals surface area contributed by atoms with Crippen molar-refractivity contribution < 1.29 is 0 Å². The highest BCUT2D eigenvalue weighted by molar-refractivity contribution is 6.33. The molecule has 0 aliphatic carbocycles. The topological polar surface area (TPSA) is 76.7 Å². The predicted molar refractivity (Wildman–Crippen MR) is 91.5 cm³/mol. The molecule has 0 spiro atoms. The van der Waals surface area contributed by atoms with Crippen LogP contribution >= 0.6 is 23.2 Å². The summed E-state index contributed by atoms with van der Waals surface area (Å²) in [5.74, 6) is 1.33. The Balaban J connectivity index is 2.01. The molecule has 1 heterocycles. The molecule has 7 heteroatoms. The summed E-state index contributed by atoms with van der Waals surface area (Å²) in [7, 11) is 0. The van der Waals surface area contributed by atoms with Gasteiger partial charge in [-0.25, -0.2) is 0 Å².